The van der Waals surface area contributed by atoms with Crippen molar-refractivity contribution >= 4 is 11.9 Å². The molecule has 0 aromatic heterocycles. The lowest BCUT2D eigenvalue weighted by atomic mass is 10.0. The van der Waals surface area contributed by atoms with Gasteiger partial charge < -0.3 is 20.3 Å². The molecular formula is C72H141NO5. The molecule has 0 saturated carbocycles. The number of hydrogen-bond donors (Lipinski definition) is 3. The molecule has 0 aromatic carbocycles. The van der Waals surface area contributed by atoms with Crippen LogP contribution in [0.3, 0.4) is 0 Å². The molecule has 3 N–H and O–H groups in total. The van der Waals surface area contributed by atoms with Crippen LogP contribution in [0.5, 0.6) is 0 Å². The molecule has 0 aliphatic rings. The normalized spacial score (nSPS) is 12.5. The molecule has 0 heterocycles. The van der Waals surface area contributed by atoms with Crippen molar-refractivity contribution < 1.29 is 24.5 Å². The third-order valence-corrected chi connectivity index (χ3v) is 17.1. The molecule has 2 unspecified atom stereocenters. The number of unbranched alkanes of at least 4 members (excludes halogenated alkanes) is 55. The lowest BCUT2D eigenvalue weighted by molar-refractivity contribution is -0.143. The molecule has 0 spiro atoms. The van der Waals surface area contributed by atoms with Crippen molar-refractivity contribution in [1.82, 2.24) is 5.32 Å². The first kappa shape index (κ1) is 76.6. The van der Waals surface area contributed by atoms with Crippen LogP contribution >= 0.6 is 0 Å². The van der Waals surface area contributed by atoms with Gasteiger partial charge in [-0.3, -0.25) is 9.59 Å². The van der Waals surface area contributed by atoms with Gasteiger partial charge in [0.15, 0.2) is 0 Å². The molecule has 0 aliphatic carbocycles. The van der Waals surface area contributed by atoms with E-state index in [2.05, 4.69) is 31.3 Å². The molecule has 0 radical (unpaired) electrons. The Labute approximate surface area is 489 Å². The average molecular weight is 1100 g/mol. The summed E-state index contributed by atoms with van der Waals surface area (Å²) < 4.78 is 5.50. The van der Waals surface area contributed by atoms with Gasteiger partial charge in [0.25, 0.3) is 0 Å². The van der Waals surface area contributed by atoms with Gasteiger partial charge in [-0.2, -0.15) is 0 Å². The van der Waals surface area contributed by atoms with Crippen LogP contribution in [0.4, 0.5) is 0 Å². The van der Waals surface area contributed by atoms with Crippen molar-refractivity contribution in [3.63, 3.8) is 0 Å². The standard InChI is InChI=1S/C72H141NO5/c1-3-5-7-9-11-13-15-17-19-37-40-44-48-52-56-60-64-70(75)69(68-74)73-71(76)65-61-57-53-49-45-41-38-35-33-31-29-27-25-23-21-20-22-24-26-28-30-32-34-36-39-43-47-51-55-59-63-67-78-72(77)66-62-58-54-50-46-42-18-16-14-12-10-8-6-4-2/h22,24,69-70,74-75H,3-21,23,25-68H2,1-2H3,(H,73,76)/b24-22-. The van der Waals surface area contributed by atoms with Gasteiger partial charge in [0.2, 0.25) is 5.91 Å². The van der Waals surface area contributed by atoms with Crippen LogP contribution in [0.2, 0.25) is 0 Å². The van der Waals surface area contributed by atoms with Crippen molar-refractivity contribution in [2.24, 2.45) is 0 Å². The van der Waals surface area contributed by atoms with E-state index in [9.17, 15) is 19.8 Å². The van der Waals surface area contributed by atoms with Crippen molar-refractivity contribution in [1.29, 1.82) is 0 Å². The Balaban J connectivity index is 3.34. The molecular weight excluding hydrogens is 959 g/mol. The summed E-state index contributed by atoms with van der Waals surface area (Å²) in [6, 6.07) is -0.539. The fraction of sp³-hybridized carbons (Fsp3) is 0.944. The van der Waals surface area contributed by atoms with Crippen LogP contribution in [0.1, 0.15) is 412 Å². The first-order chi connectivity index (χ1) is 38.5. The number of allylic oxidation sites excluding steroid dienone is 2. The van der Waals surface area contributed by atoms with Crippen molar-refractivity contribution in [2.45, 2.75) is 424 Å². The second kappa shape index (κ2) is 68.1. The zero-order chi connectivity index (χ0) is 56.4. The Kier molecular flexibility index (Phi) is 66.9. The molecule has 78 heavy (non-hydrogen) atoms. The van der Waals surface area contributed by atoms with E-state index < -0.39 is 12.1 Å². The SMILES string of the molecule is CCCCCCCCCCCCCCCCCCC(O)C(CO)NC(=O)CCCCCCCCCCCCCCCCC/C=C\CCCCCCCCCCCCCCOC(=O)CCCCCCCCCCCCCCCC. The molecule has 1 amide bonds. The van der Waals surface area contributed by atoms with Crippen LogP contribution in [0, 0.1) is 0 Å². The minimum atomic E-state index is -0.662. The average Bonchev–Trinajstić information content (AvgIpc) is 3.44. The molecule has 2 atom stereocenters. The van der Waals surface area contributed by atoms with Gasteiger partial charge in [0.05, 0.1) is 25.4 Å². The maximum atomic E-state index is 12.5. The van der Waals surface area contributed by atoms with Gasteiger partial charge in [-0.15, -0.1) is 0 Å². The highest BCUT2D eigenvalue weighted by atomic mass is 16.5. The highest BCUT2D eigenvalue weighted by molar-refractivity contribution is 5.76. The van der Waals surface area contributed by atoms with Gasteiger partial charge >= 0.3 is 5.97 Å². The van der Waals surface area contributed by atoms with Crippen LogP contribution in [0.15, 0.2) is 12.2 Å². The van der Waals surface area contributed by atoms with Crippen molar-refractivity contribution in [3.8, 4) is 0 Å². The molecule has 6 heteroatoms. The fourth-order valence-corrected chi connectivity index (χ4v) is 11.6. The third-order valence-electron chi connectivity index (χ3n) is 17.1. The van der Waals surface area contributed by atoms with E-state index >= 15 is 0 Å². The Hall–Kier alpha value is -1.40. The summed E-state index contributed by atoms with van der Waals surface area (Å²) in [5.74, 6) is -0.00820. The summed E-state index contributed by atoms with van der Waals surface area (Å²) in [6.45, 7) is 5.00. The lowest BCUT2D eigenvalue weighted by Gasteiger charge is -2.22. The summed E-state index contributed by atoms with van der Waals surface area (Å²) in [4.78, 5) is 24.6. The lowest BCUT2D eigenvalue weighted by Crippen LogP contribution is -2.45. The quantitative estimate of drug-likeness (QED) is 0.0320. The van der Waals surface area contributed by atoms with Crippen LogP contribution in [0.25, 0.3) is 0 Å². The molecule has 0 aromatic rings. The largest absolute Gasteiger partial charge is 0.466 e. The summed E-state index contributed by atoms with van der Waals surface area (Å²) in [5, 5.41) is 23.4. The number of aliphatic hydroxyl groups is 2. The number of rotatable bonds is 68. The maximum Gasteiger partial charge on any atom is 0.305 e. The number of nitrogens with one attached hydrogen (secondary N) is 1. The van der Waals surface area contributed by atoms with E-state index in [1.54, 1.807) is 0 Å². The van der Waals surface area contributed by atoms with Gasteiger partial charge in [0.1, 0.15) is 0 Å². The molecule has 0 bridgehead atoms. The van der Waals surface area contributed by atoms with Crippen molar-refractivity contribution in [2.75, 3.05) is 13.2 Å². The maximum absolute atomic E-state index is 12.5. The molecule has 0 rings (SSSR count). The van der Waals surface area contributed by atoms with Crippen LogP contribution in [-0.4, -0.2) is 47.4 Å². The van der Waals surface area contributed by atoms with E-state index in [0.29, 0.717) is 25.9 Å². The first-order valence-corrected chi connectivity index (χ1v) is 35.9. The highest BCUT2D eigenvalue weighted by Gasteiger charge is 2.20. The number of carbonyl (C=O) groups is 2. The van der Waals surface area contributed by atoms with Crippen LogP contribution < -0.4 is 5.32 Å². The summed E-state index contributed by atoms with van der Waals surface area (Å²) in [6.07, 6.45) is 84.1. The zero-order valence-electron chi connectivity index (χ0n) is 53.2. The van der Waals surface area contributed by atoms with E-state index in [-0.39, 0.29) is 18.5 Å². The van der Waals surface area contributed by atoms with Gasteiger partial charge in [-0.05, 0) is 51.4 Å². The van der Waals surface area contributed by atoms with Crippen LogP contribution in [-0.2, 0) is 14.3 Å². The second-order valence-corrected chi connectivity index (χ2v) is 24.9. The van der Waals surface area contributed by atoms with Crippen molar-refractivity contribution in [3.05, 3.63) is 12.2 Å². The monoisotopic (exact) mass is 1100 g/mol. The predicted octanol–water partition coefficient (Wildman–Crippen LogP) is 23.1. The van der Waals surface area contributed by atoms with E-state index in [4.69, 9.17) is 4.74 Å². The number of esters is 1. The number of carbonyl (C=O) groups excluding carboxylic acids is 2. The van der Waals surface area contributed by atoms with Gasteiger partial charge in [0, 0.05) is 12.8 Å². The Morgan fingerprint density at radius 1 is 0.346 bits per heavy atom. The minimum absolute atomic E-state index is 0.0209. The molecule has 6 nitrogen and oxygen atoms in total. The fourth-order valence-electron chi connectivity index (χ4n) is 11.6. The van der Waals surface area contributed by atoms with E-state index in [1.165, 1.54) is 340 Å². The van der Waals surface area contributed by atoms with E-state index in [1.807, 2.05) is 0 Å². The first-order valence-electron chi connectivity index (χ1n) is 35.9. The Morgan fingerprint density at radius 2 is 0.603 bits per heavy atom. The summed E-state index contributed by atoms with van der Waals surface area (Å²) in [5.41, 5.74) is 0. The predicted molar refractivity (Wildman–Crippen MR) is 343 cm³/mol. The number of hydrogen-bond acceptors (Lipinski definition) is 5. The summed E-state index contributed by atoms with van der Waals surface area (Å²) in [7, 11) is 0. The van der Waals surface area contributed by atoms with Gasteiger partial charge in [-0.1, -0.05) is 360 Å². The number of amides is 1. The molecule has 464 valence electrons. The minimum Gasteiger partial charge on any atom is -0.466 e. The highest BCUT2D eigenvalue weighted by Crippen LogP contribution is 2.19. The Bertz CT molecular complexity index is 1180. The van der Waals surface area contributed by atoms with E-state index in [0.717, 1.165) is 38.5 Å². The summed E-state index contributed by atoms with van der Waals surface area (Å²) >= 11 is 0. The molecule has 0 aliphatic heterocycles. The zero-order valence-corrected chi connectivity index (χ0v) is 53.2. The third kappa shape index (κ3) is 63.8. The topological polar surface area (TPSA) is 95.9 Å². The van der Waals surface area contributed by atoms with Gasteiger partial charge in [-0.25, -0.2) is 0 Å². The second-order valence-electron chi connectivity index (χ2n) is 24.9. The molecule has 0 saturated heterocycles. The number of aliphatic hydroxyl groups excluding tert-OH is 2. The Morgan fingerprint density at radius 3 is 0.910 bits per heavy atom. The smallest absolute Gasteiger partial charge is 0.305 e. The molecule has 0 fully saturated rings. The number of ether oxygens (including phenoxy) is 1.